The summed E-state index contributed by atoms with van der Waals surface area (Å²) in [6, 6.07) is 17.0. The van der Waals surface area contributed by atoms with Gasteiger partial charge in [0.05, 0.1) is 0 Å². The van der Waals surface area contributed by atoms with Crippen molar-refractivity contribution in [2.75, 3.05) is 25.0 Å². The summed E-state index contributed by atoms with van der Waals surface area (Å²) in [7, 11) is 0. The normalized spacial score (nSPS) is 28.4. The lowest BCUT2D eigenvalue weighted by atomic mass is 9.59. The summed E-state index contributed by atoms with van der Waals surface area (Å²) in [4.78, 5) is 2.66. The van der Waals surface area contributed by atoms with Gasteiger partial charge in [-0.3, -0.25) is 4.90 Å². The number of phenolic OH excluding ortho intramolecular Hbond substituents is 1. The molecular weight excluding hydrogens is 308 g/mol. The summed E-state index contributed by atoms with van der Waals surface area (Å²) in [5.74, 6) is 1.01. The minimum atomic E-state index is 0.181. The highest BCUT2D eigenvalue weighted by molar-refractivity contribution is 5.44. The maximum absolute atomic E-state index is 9.94. The molecule has 0 amide bonds. The van der Waals surface area contributed by atoms with Crippen LogP contribution in [-0.4, -0.2) is 35.7 Å². The van der Waals surface area contributed by atoms with E-state index in [2.05, 4.69) is 60.5 Å². The second-order valence-corrected chi connectivity index (χ2v) is 7.90. The van der Waals surface area contributed by atoms with Gasteiger partial charge in [-0.05, 0) is 66.1 Å². The molecule has 0 unspecified atom stereocenters. The number of para-hydroxylation sites is 1. The van der Waals surface area contributed by atoms with E-state index in [4.69, 9.17) is 0 Å². The number of rotatable bonds is 4. The third-order valence-corrected chi connectivity index (χ3v) is 6.61. The smallest absolute Gasteiger partial charge is 0.115 e. The standard InChI is InChI=1S/C22H28N2O/c1-16-21-14-17-8-9-19(25)15-20(17)22(16,2)10-12-24(21)13-11-23-18-6-4-3-5-7-18/h3-9,15-16,21,23,25H,10-14H2,1-2H3/t16-,21+,22+/m1/s1. The number of benzene rings is 2. The highest BCUT2D eigenvalue weighted by Crippen LogP contribution is 2.49. The molecule has 2 N–H and O–H groups in total. The van der Waals surface area contributed by atoms with Gasteiger partial charge in [0.15, 0.2) is 0 Å². The van der Waals surface area contributed by atoms with Crippen molar-refractivity contribution in [1.29, 1.82) is 0 Å². The Morgan fingerprint density at radius 3 is 2.80 bits per heavy atom. The number of nitrogens with zero attached hydrogens (tertiary/aromatic N) is 1. The van der Waals surface area contributed by atoms with Crippen molar-refractivity contribution in [3.8, 4) is 5.75 Å². The van der Waals surface area contributed by atoms with Crippen molar-refractivity contribution in [2.24, 2.45) is 5.92 Å². The molecule has 0 spiro atoms. The molecule has 0 radical (unpaired) electrons. The van der Waals surface area contributed by atoms with Crippen molar-refractivity contribution in [3.05, 3.63) is 59.7 Å². The van der Waals surface area contributed by atoms with Crippen LogP contribution in [0.5, 0.6) is 5.75 Å². The number of hydrogen-bond acceptors (Lipinski definition) is 3. The van der Waals surface area contributed by atoms with Crippen molar-refractivity contribution in [2.45, 2.75) is 38.1 Å². The Kier molecular flexibility index (Phi) is 4.20. The molecule has 1 fully saturated rings. The predicted molar refractivity (Wildman–Crippen MR) is 103 cm³/mol. The zero-order chi connectivity index (χ0) is 17.4. The number of fused-ring (bicyclic) bond motifs is 4. The Bertz CT molecular complexity index is 745. The van der Waals surface area contributed by atoms with E-state index in [0.29, 0.717) is 17.7 Å². The van der Waals surface area contributed by atoms with Crippen molar-refractivity contribution < 1.29 is 5.11 Å². The van der Waals surface area contributed by atoms with Gasteiger partial charge < -0.3 is 10.4 Å². The second kappa shape index (κ2) is 6.38. The molecule has 3 nitrogen and oxygen atoms in total. The van der Waals surface area contributed by atoms with Crippen LogP contribution >= 0.6 is 0 Å². The Labute approximate surface area is 150 Å². The van der Waals surface area contributed by atoms with Crippen LogP contribution in [0, 0.1) is 5.92 Å². The maximum atomic E-state index is 9.94. The number of phenols is 1. The van der Waals surface area contributed by atoms with Gasteiger partial charge in [0.25, 0.3) is 0 Å². The topological polar surface area (TPSA) is 35.5 Å². The first-order chi connectivity index (χ1) is 12.1. The quantitative estimate of drug-likeness (QED) is 0.885. The van der Waals surface area contributed by atoms with E-state index in [1.165, 1.54) is 16.8 Å². The summed E-state index contributed by atoms with van der Waals surface area (Å²) in [5, 5.41) is 13.5. The summed E-state index contributed by atoms with van der Waals surface area (Å²) in [5.41, 5.74) is 4.17. The molecule has 2 aromatic carbocycles. The van der Waals surface area contributed by atoms with Gasteiger partial charge in [-0.25, -0.2) is 0 Å². The van der Waals surface area contributed by atoms with E-state index in [1.807, 2.05) is 12.1 Å². The minimum Gasteiger partial charge on any atom is -0.508 e. The SMILES string of the molecule is C[C@@H]1[C@@H]2Cc3ccc(O)cc3[C@@]1(C)CCN2CCNc1ccccc1. The molecule has 25 heavy (non-hydrogen) atoms. The minimum absolute atomic E-state index is 0.181. The van der Waals surface area contributed by atoms with Crippen LogP contribution in [0.2, 0.25) is 0 Å². The van der Waals surface area contributed by atoms with Crippen LogP contribution < -0.4 is 5.32 Å². The lowest BCUT2D eigenvalue weighted by Crippen LogP contribution is -2.58. The van der Waals surface area contributed by atoms with Crippen LogP contribution in [0.15, 0.2) is 48.5 Å². The van der Waals surface area contributed by atoms with Crippen LogP contribution in [-0.2, 0) is 11.8 Å². The van der Waals surface area contributed by atoms with E-state index >= 15 is 0 Å². The summed E-state index contributed by atoms with van der Waals surface area (Å²) >= 11 is 0. The lowest BCUT2D eigenvalue weighted by molar-refractivity contribution is 0.0343. The van der Waals surface area contributed by atoms with E-state index < -0.39 is 0 Å². The Hall–Kier alpha value is -2.00. The molecule has 1 aliphatic carbocycles. The summed E-state index contributed by atoms with van der Waals surface area (Å²) < 4.78 is 0. The lowest BCUT2D eigenvalue weighted by Gasteiger charge is -2.54. The van der Waals surface area contributed by atoms with Crippen LogP contribution in [0.4, 0.5) is 5.69 Å². The fourth-order valence-electron chi connectivity index (χ4n) is 4.87. The van der Waals surface area contributed by atoms with Gasteiger partial charge in [-0.2, -0.15) is 0 Å². The highest BCUT2D eigenvalue weighted by Gasteiger charge is 2.48. The average Bonchev–Trinajstić information content (AvgIpc) is 2.62. The third-order valence-electron chi connectivity index (χ3n) is 6.61. The van der Waals surface area contributed by atoms with E-state index in [9.17, 15) is 5.11 Å². The largest absolute Gasteiger partial charge is 0.508 e. The monoisotopic (exact) mass is 336 g/mol. The van der Waals surface area contributed by atoms with Crippen molar-refractivity contribution >= 4 is 5.69 Å². The zero-order valence-electron chi connectivity index (χ0n) is 15.2. The fraction of sp³-hybridized carbons (Fsp3) is 0.455. The third kappa shape index (κ3) is 2.91. The van der Waals surface area contributed by atoms with Gasteiger partial charge in [-0.15, -0.1) is 0 Å². The summed E-state index contributed by atoms with van der Waals surface area (Å²) in [6.07, 6.45) is 2.25. The molecule has 1 heterocycles. The van der Waals surface area contributed by atoms with E-state index in [-0.39, 0.29) is 5.41 Å². The Morgan fingerprint density at radius 1 is 1.20 bits per heavy atom. The molecule has 3 atom stereocenters. The summed E-state index contributed by atoms with van der Waals surface area (Å²) in [6.45, 7) is 7.98. The first kappa shape index (κ1) is 16.5. The van der Waals surface area contributed by atoms with E-state index in [1.54, 1.807) is 0 Å². The van der Waals surface area contributed by atoms with Gasteiger partial charge in [0.1, 0.15) is 5.75 Å². The molecule has 2 aromatic rings. The first-order valence-electron chi connectivity index (χ1n) is 9.43. The number of anilines is 1. The molecule has 0 aromatic heterocycles. The van der Waals surface area contributed by atoms with Gasteiger partial charge in [0, 0.05) is 24.8 Å². The highest BCUT2D eigenvalue weighted by atomic mass is 16.3. The average molecular weight is 336 g/mol. The molecular formula is C22H28N2O. The Morgan fingerprint density at radius 2 is 2.00 bits per heavy atom. The molecule has 0 saturated carbocycles. The maximum Gasteiger partial charge on any atom is 0.115 e. The molecule has 1 aliphatic heterocycles. The number of likely N-dealkylation sites (tertiary alicyclic amines) is 1. The number of piperidine rings is 1. The molecule has 132 valence electrons. The van der Waals surface area contributed by atoms with Crippen LogP contribution in [0.1, 0.15) is 31.4 Å². The van der Waals surface area contributed by atoms with Crippen LogP contribution in [0.25, 0.3) is 0 Å². The van der Waals surface area contributed by atoms with Gasteiger partial charge >= 0.3 is 0 Å². The molecule has 2 aliphatic rings. The first-order valence-corrected chi connectivity index (χ1v) is 9.43. The fourth-order valence-corrected chi connectivity index (χ4v) is 4.87. The molecule has 3 heteroatoms. The zero-order valence-corrected chi connectivity index (χ0v) is 15.2. The number of hydrogen-bond donors (Lipinski definition) is 2. The Balaban J connectivity index is 1.48. The number of aromatic hydroxyl groups is 1. The van der Waals surface area contributed by atoms with Gasteiger partial charge in [-0.1, -0.05) is 38.1 Å². The van der Waals surface area contributed by atoms with Crippen molar-refractivity contribution in [3.63, 3.8) is 0 Å². The van der Waals surface area contributed by atoms with Crippen molar-refractivity contribution in [1.82, 2.24) is 4.90 Å². The molecule has 2 bridgehead atoms. The number of nitrogens with one attached hydrogen (secondary N) is 1. The molecule has 4 rings (SSSR count). The second-order valence-electron chi connectivity index (χ2n) is 7.90. The van der Waals surface area contributed by atoms with Crippen LogP contribution in [0.3, 0.4) is 0 Å². The van der Waals surface area contributed by atoms with E-state index in [0.717, 1.165) is 32.5 Å². The predicted octanol–water partition coefficient (Wildman–Crippen LogP) is 4.03. The molecule has 1 saturated heterocycles. The van der Waals surface area contributed by atoms with Gasteiger partial charge in [0.2, 0.25) is 0 Å².